The molecule has 0 saturated heterocycles. The molecule has 0 atom stereocenters. The number of benzene rings is 3. The molecule has 0 amide bonds. The molecule has 3 rings (SSSR count). The summed E-state index contributed by atoms with van der Waals surface area (Å²) in [7, 11) is 0. The summed E-state index contributed by atoms with van der Waals surface area (Å²) in [5.74, 6) is 0. The van der Waals surface area contributed by atoms with Crippen LogP contribution in [-0.2, 0) is 0 Å². The quantitative estimate of drug-likeness (QED) is 0.483. The second-order valence-electron chi connectivity index (χ2n) is 4.73. The summed E-state index contributed by atoms with van der Waals surface area (Å²) in [5.41, 5.74) is 3.16. The SMILES string of the molecule is ClP(Cl)c1ccccc1N(c1ccccc1)c1ccccc1. The largest absolute Gasteiger partial charge is 0.310 e. The summed E-state index contributed by atoms with van der Waals surface area (Å²) in [5, 5.41) is 0.952. The molecule has 0 spiro atoms. The van der Waals surface area contributed by atoms with Crippen LogP contribution in [0.15, 0.2) is 84.9 Å². The smallest absolute Gasteiger partial charge is 0.119 e. The summed E-state index contributed by atoms with van der Waals surface area (Å²) in [4.78, 5) is 2.18. The van der Waals surface area contributed by atoms with Crippen LogP contribution in [0.1, 0.15) is 0 Å². The fraction of sp³-hybridized carbons (Fsp3) is 0. The maximum absolute atomic E-state index is 6.23. The van der Waals surface area contributed by atoms with Crippen LogP contribution in [0.3, 0.4) is 0 Å². The highest BCUT2D eigenvalue weighted by molar-refractivity contribution is 8.09. The summed E-state index contributed by atoms with van der Waals surface area (Å²) >= 11 is 12.5. The van der Waals surface area contributed by atoms with Crippen molar-refractivity contribution in [3.8, 4) is 0 Å². The summed E-state index contributed by atoms with van der Waals surface area (Å²) in [6.07, 6.45) is 0. The van der Waals surface area contributed by atoms with Crippen molar-refractivity contribution in [1.82, 2.24) is 0 Å². The number of halogens is 2. The number of nitrogens with zero attached hydrogens (tertiary/aromatic N) is 1. The second-order valence-corrected chi connectivity index (χ2v) is 8.22. The van der Waals surface area contributed by atoms with Gasteiger partial charge in [0.1, 0.15) is 6.63 Å². The van der Waals surface area contributed by atoms with Crippen molar-refractivity contribution in [2.24, 2.45) is 0 Å². The number of hydrogen-bond donors (Lipinski definition) is 0. The Morgan fingerprint density at radius 1 is 0.591 bits per heavy atom. The van der Waals surface area contributed by atoms with Crippen LogP contribution < -0.4 is 10.2 Å². The highest BCUT2D eigenvalue weighted by atomic mass is 35.9. The molecule has 110 valence electrons. The van der Waals surface area contributed by atoms with E-state index >= 15 is 0 Å². The lowest BCUT2D eigenvalue weighted by atomic mass is 10.2. The van der Waals surface area contributed by atoms with Crippen molar-refractivity contribution in [3.05, 3.63) is 84.9 Å². The lowest BCUT2D eigenvalue weighted by Crippen LogP contribution is -2.16. The predicted molar refractivity (Wildman–Crippen MR) is 99.4 cm³/mol. The maximum atomic E-state index is 6.23. The molecule has 0 N–H and O–H groups in total. The summed E-state index contributed by atoms with van der Waals surface area (Å²) < 4.78 is 0. The van der Waals surface area contributed by atoms with Crippen LogP contribution >= 0.6 is 29.1 Å². The third-order valence-electron chi connectivity index (χ3n) is 3.33. The molecule has 0 radical (unpaired) electrons. The third kappa shape index (κ3) is 3.28. The predicted octanol–water partition coefficient (Wildman–Crippen LogP) is 6.57. The molecular weight excluding hydrogens is 332 g/mol. The number of para-hydroxylation sites is 3. The average molecular weight is 346 g/mol. The van der Waals surface area contributed by atoms with Crippen molar-refractivity contribution >= 4 is 51.5 Å². The van der Waals surface area contributed by atoms with E-state index in [-0.39, 0.29) is 0 Å². The van der Waals surface area contributed by atoms with Gasteiger partial charge in [-0.25, -0.2) is 0 Å². The summed E-state index contributed by atoms with van der Waals surface area (Å²) in [6, 6.07) is 28.4. The van der Waals surface area contributed by atoms with Crippen LogP contribution in [0, 0.1) is 0 Å². The Hall–Kier alpha value is -1.53. The van der Waals surface area contributed by atoms with Gasteiger partial charge in [-0.1, -0.05) is 77.1 Å². The second kappa shape index (κ2) is 7.15. The molecule has 0 aliphatic rings. The zero-order valence-corrected chi connectivity index (χ0v) is 14.1. The van der Waals surface area contributed by atoms with Gasteiger partial charge in [-0.15, -0.1) is 0 Å². The molecule has 1 nitrogen and oxygen atoms in total. The van der Waals surface area contributed by atoms with Gasteiger partial charge in [0, 0.05) is 16.7 Å². The first kappa shape index (κ1) is 15.4. The zero-order chi connectivity index (χ0) is 15.4. The van der Waals surface area contributed by atoms with Crippen LogP contribution in [0.4, 0.5) is 17.1 Å². The standard InChI is InChI=1S/C18H14Cl2NP/c19-22(20)18-14-8-7-13-17(18)21(15-9-3-1-4-10-15)16-11-5-2-6-12-16/h1-14H. The maximum Gasteiger partial charge on any atom is 0.119 e. The lowest BCUT2D eigenvalue weighted by Gasteiger charge is -2.27. The van der Waals surface area contributed by atoms with E-state index in [0.29, 0.717) is 0 Å². The first-order chi connectivity index (χ1) is 10.8. The minimum absolute atomic E-state index is 0.952. The first-order valence-corrected chi connectivity index (χ1v) is 10.0. The Kier molecular flexibility index (Phi) is 5.00. The van der Waals surface area contributed by atoms with E-state index in [2.05, 4.69) is 35.2 Å². The molecule has 4 heteroatoms. The van der Waals surface area contributed by atoms with Crippen LogP contribution in [0.5, 0.6) is 0 Å². The van der Waals surface area contributed by atoms with E-state index in [4.69, 9.17) is 22.5 Å². The molecule has 22 heavy (non-hydrogen) atoms. The Morgan fingerprint density at radius 3 is 1.55 bits per heavy atom. The molecule has 0 aliphatic heterocycles. The average Bonchev–Trinajstić information content (AvgIpc) is 2.57. The normalized spacial score (nSPS) is 10.7. The Labute approximate surface area is 141 Å². The zero-order valence-electron chi connectivity index (χ0n) is 11.7. The van der Waals surface area contributed by atoms with E-state index in [0.717, 1.165) is 22.4 Å². The molecule has 3 aromatic rings. The molecule has 0 bridgehead atoms. The van der Waals surface area contributed by atoms with Gasteiger partial charge in [0.05, 0.1) is 5.69 Å². The van der Waals surface area contributed by atoms with E-state index in [9.17, 15) is 0 Å². The minimum atomic E-state index is -1.23. The fourth-order valence-electron chi connectivity index (χ4n) is 2.38. The van der Waals surface area contributed by atoms with E-state index in [1.807, 2.05) is 54.6 Å². The molecule has 3 aromatic carbocycles. The van der Waals surface area contributed by atoms with E-state index in [1.54, 1.807) is 0 Å². The van der Waals surface area contributed by atoms with Crippen LogP contribution in [-0.4, -0.2) is 0 Å². The van der Waals surface area contributed by atoms with Crippen molar-refractivity contribution in [1.29, 1.82) is 0 Å². The number of anilines is 3. The Morgan fingerprint density at radius 2 is 1.05 bits per heavy atom. The van der Waals surface area contributed by atoms with Gasteiger partial charge in [-0.2, -0.15) is 0 Å². The van der Waals surface area contributed by atoms with Crippen molar-refractivity contribution in [2.45, 2.75) is 0 Å². The summed E-state index contributed by atoms with van der Waals surface area (Å²) in [6.45, 7) is -1.23. The van der Waals surface area contributed by atoms with Crippen molar-refractivity contribution in [3.63, 3.8) is 0 Å². The van der Waals surface area contributed by atoms with Crippen LogP contribution in [0.2, 0.25) is 0 Å². The number of hydrogen-bond acceptors (Lipinski definition) is 1. The van der Waals surface area contributed by atoms with Gasteiger partial charge < -0.3 is 4.90 Å². The molecule has 0 unspecified atom stereocenters. The molecule has 0 saturated carbocycles. The molecule has 0 aromatic heterocycles. The van der Waals surface area contributed by atoms with Gasteiger partial charge in [-0.3, -0.25) is 0 Å². The Balaban J connectivity index is 2.19. The topological polar surface area (TPSA) is 3.24 Å². The number of rotatable bonds is 4. The van der Waals surface area contributed by atoms with Gasteiger partial charge >= 0.3 is 0 Å². The Bertz CT molecular complexity index is 693. The van der Waals surface area contributed by atoms with Gasteiger partial charge in [-0.05, 0) is 30.3 Å². The highest BCUT2D eigenvalue weighted by Crippen LogP contribution is 2.49. The first-order valence-electron chi connectivity index (χ1n) is 6.88. The van der Waals surface area contributed by atoms with Crippen LogP contribution in [0.25, 0.3) is 0 Å². The van der Waals surface area contributed by atoms with Crippen molar-refractivity contribution in [2.75, 3.05) is 4.90 Å². The van der Waals surface area contributed by atoms with E-state index < -0.39 is 6.63 Å². The van der Waals surface area contributed by atoms with Crippen molar-refractivity contribution < 1.29 is 0 Å². The molecular formula is C18H14Cl2NP. The van der Waals surface area contributed by atoms with Gasteiger partial charge in [0.15, 0.2) is 0 Å². The van der Waals surface area contributed by atoms with Gasteiger partial charge in [0.25, 0.3) is 0 Å². The lowest BCUT2D eigenvalue weighted by molar-refractivity contribution is 1.29. The fourth-order valence-corrected chi connectivity index (χ4v) is 3.78. The molecule has 0 heterocycles. The highest BCUT2D eigenvalue weighted by Gasteiger charge is 2.18. The monoisotopic (exact) mass is 345 g/mol. The molecule has 0 aliphatic carbocycles. The van der Waals surface area contributed by atoms with Gasteiger partial charge in [0.2, 0.25) is 0 Å². The molecule has 0 fully saturated rings. The minimum Gasteiger partial charge on any atom is -0.310 e. The third-order valence-corrected chi connectivity index (χ3v) is 5.17. The van der Waals surface area contributed by atoms with E-state index in [1.165, 1.54) is 0 Å².